The van der Waals surface area contributed by atoms with Crippen molar-refractivity contribution in [3.8, 4) is 0 Å². The Morgan fingerprint density at radius 2 is 0.750 bits per heavy atom. The Kier molecular flexibility index (Phi) is 55.6. The van der Waals surface area contributed by atoms with Crippen molar-refractivity contribution < 1.29 is 24.5 Å². The maximum absolute atomic E-state index is 12.4. The van der Waals surface area contributed by atoms with E-state index in [1.54, 1.807) is 6.08 Å². The SMILES string of the molecule is CCCCCCC/C=C\CCCCCCCC(=O)OCCCCCCCC/C=C\C/C=C\CCC(=O)NC(CO)C(O)/C=C/CCCCCCCCCCCCCCCCCCCCCCCC. The summed E-state index contributed by atoms with van der Waals surface area (Å²) in [5.41, 5.74) is 0. The molecule has 6 heteroatoms. The number of carbonyl (C=O) groups excluding carboxylic acids is 2. The first-order valence-electron chi connectivity index (χ1n) is 29.9. The van der Waals surface area contributed by atoms with Crippen LogP contribution in [0.25, 0.3) is 0 Å². The molecule has 0 aromatic rings. The van der Waals surface area contributed by atoms with E-state index in [4.69, 9.17) is 4.74 Å². The first-order chi connectivity index (χ1) is 33.5. The number of ether oxygens (including phenoxy) is 1. The Labute approximate surface area is 423 Å². The highest BCUT2D eigenvalue weighted by Crippen LogP contribution is 2.17. The summed E-state index contributed by atoms with van der Waals surface area (Å²) in [4.78, 5) is 24.5. The molecule has 0 saturated carbocycles. The predicted molar refractivity (Wildman–Crippen MR) is 296 cm³/mol. The van der Waals surface area contributed by atoms with Crippen molar-refractivity contribution in [2.75, 3.05) is 13.2 Å². The summed E-state index contributed by atoms with van der Waals surface area (Å²) in [6.45, 7) is 4.84. The molecule has 2 unspecified atom stereocenters. The number of esters is 1. The molecule has 68 heavy (non-hydrogen) atoms. The van der Waals surface area contributed by atoms with Gasteiger partial charge < -0.3 is 20.3 Å². The molecule has 0 spiro atoms. The zero-order valence-electron chi connectivity index (χ0n) is 45.3. The van der Waals surface area contributed by atoms with Gasteiger partial charge >= 0.3 is 5.97 Å². The van der Waals surface area contributed by atoms with E-state index >= 15 is 0 Å². The van der Waals surface area contributed by atoms with Gasteiger partial charge in [0.2, 0.25) is 5.91 Å². The van der Waals surface area contributed by atoms with Crippen molar-refractivity contribution in [3.05, 3.63) is 48.6 Å². The molecule has 0 aromatic carbocycles. The second-order valence-corrected chi connectivity index (χ2v) is 20.3. The van der Waals surface area contributed by atoms with Gasteiger partial charge in [-0.05, 0) is 77.0 Å². The van der Waals surface area contributed by atoms with Crippen molar-refractivity contribution in [2.45, 2.75) is 321 Å². The van der Waals surface area contributed by atoms with Crippen LogP contribution >= 0.6 is 0 Å². The summed E-state index contributed by atoms with van der Waals surface area (Å²) in [5, 5.41) is 23.1. The molecule has 0 saturated heterocycles. The molecule has 1 amide bonds. The number of nitrogens with one attached hydrogen (secondary N) is 1. The lowest BCUT2D eigenvalue weighted by Crippen LogP contribution is -2.45. The predicted octanol–water partition coefficient (Wildman–Crippen LogP) is 18.6. The van der Waals surface area contributed by atoms with Crippen LogP contribution in [-0.4, -0.2) is 47.4 Å². The number of aliphatic hydroxyl groups excluding tert-OH is 2. The van der Waals surface area contributed by atoms with E-state index in [1.165, 1.54) is 225 Å². The fraction of sp³-hybridized carbons (Fsp3) is 0.839. The summed E-state index contributed by atoms with van der Waals surface area (Å²) in [5.74, 6) is -0.174. The number of allylic oxidation sites excluding steroid dienone is 7. The monoisotopic (exact) mass is 954 g/mol. The third kappa shape index (κ3) is 53.2. The van der Waals surface area contributed by atoms with Crippen LogP contribution in [0.5, 0.6) is 0 Å². The number of carbonyl (C=O) groups is 2. The highest BCUT2D eigenvalue weighted by molar-refractivity contribution is 5.76. The second-order valence-electron chi connectivity index (χ2n) is 20.3. The van der Waals surface area contributed by atoms with Gasteiger partial charge in [-0.2, -0.15) is 0 Å². The number of hydrogen-bond acceptors (Lipinski definition) is 5. The Morgan fingerprint density at radius 1 is 0.412 bits per heavy atom. The van der Waals surface area contributed by atoms with E-state index in [-0.39, 0.29) is 18.5 Å². The van der Waals surface area contributed by atoms with Crippen LogP contribution in [0.1, 0.15) is 309 Å². The molecule has 0 aromatic heterocycles. The first kappa shape index (κ1) is 65.8. The zero-order chi connectivity index (χ0) is 49.3. The lowest BCUT2D eigenvalue weighted by atomic mass is 10.0. The third-order valence-electron chi connectivity index (χ3n) is 13.6. The molecule has 0 fully saturated rings. The molecule has 3 N–H and O–H groups in total. The van der Waals surface area contributed by atoms with Crippen LogP contribution in [0.2, 0.25) is 0 Å². The van der Waals surface area contributed by atoms with Crippen LogP contribution in [0.4, 0.5) is 0 Å². The average molecular weight is 955 g/mol. The van der Waals surface area contributed by atoms with Crippen LogP contribution in [0, 0.1) is 0 Å². The minimum Gasteiger partial charge on any atom is -0.466 e. The summed E-state index contributed by atoms with van der Waals surface area (Å²) in [7, 11) is 0. The Balaban J connectivity index is 3.57. The highest BCUT2D eigenvalue weighted by Gasteiger charge is 2.17. The molecule has 0 rings (SSSR count). The summed E-state index contributed by atoms with van der Waals surface area (Å²) < 4.78 is 5.45. The van der Waals surface area contributed by atoms with Crippen LogP contribution in [0.15, 0.2) is 48.6 Å². The molecule has 6 nitrogen and oxygen atoms in total. The largest absolute Gasteiger partial charge is 0.466 e. The minimum absolute atomic E-state index is 0.0270. The Morgan fingerprint density at radius 3 is 1.16 bits per heavy atom. The van der Waals surface area contributed by atoms with Gasteiger partial charge in [0.25, 0.3) is 0 Å². The van der Waals surface area contributed by atoms with Crippen LogP contribution in [-0.2, 0) is 14.3 Å². The first-order valence-corrected chi connectivity index (χ1v) is 29.9. The van der Waals surface area contributed by atoms with Gasteiger partial charge in [-0.25, -0.2) is 0 Å². The molecule has 0 radical (unpaired) electrons. The van der Waals surface area contributed by atoms with E-state index < -0.39 is 12.1 Å². The van der Waals surface area contributed by atoms with Crippen molar-refractivity contribution in [3.63, 3.8) is 0 Å². The Bertz CT molecular complexity index is 1150. The van der Waals surface area contributed by atoms with E-state index in [0.29, 0.717) is 25.9 Å². The zero-order valence-corrected chi connectivity index (χ0v) is 45.3. The van der Waals surface area contributed by atoms with E-state index in [2.05, 4.69) is 49.5 Å². The fourth-order valence-electron chi connectivity index (χ4n) is 8.97. The molecule has 2 atom stereocenters. The van der Waals surface area contributed by atoms with Gasteiger partial charge in [-0.1, -0.05) is 268 Å². The van der Waals surface area contributed by atoms with Gasteiger partial charge in [-0.15, -0.1) is 0 Å². The average Bonchev–Trinajstić information content (AvgIpc) is 3.34. The van der Waals surface area contributed by atoms with Gasteiger partial charge in [0.05, 0.1) is 25.4 Å². The topological polar surface area (TPSA) is 95.9 Å². The van der Waals surface area contributed by atoms with Crippen LogP contribution in [0.3, 0.4) is 0 Å². The van der Waals surface area contributed by atoms with Gasteiger partial charge in [0, 0.05) is 12.8 Å². The number of rotatable bonds is 55. The molecule has 0 aliphatic heterocycles. The maximum atomic E-state index is 12.4. The standard InChI is InChI=1S/C62H115NO5/c1-3-5-7-9-11-13-15-17-19-20-21-22-23-24-25-26-27-28-30-34-38-42-46-50-54-60(65)59(58-64)63-61(66)55-51-47-43-39-35-31-29-33-37-41-45-49-53-57-68-62(67)56-52-48-44-40-36-32-18-16-14-12-10-8-6-4-2/h16,18,31,35,43,47,50,54,59-60,64-65H,3-15,17,19-30,32-34,36-42,44-46,48-49,51-53,55-58H2,1-2H3,(H,63,66)/b18-16-,35-31-,47-43-,54-50+. The lowest BCUT2D eigenvalue weighted by molar-refractivity contribution is -0.143. The smallest absolute Gasteiger partial charge is 0.305 e. The molecular weight excluding hydrogens is 839 g/mol. The summed E-state index contributed by atoms with van der Waals surface area (Å²) >= 11 is 0. The Hall–Kier alpha value is -2.18. The van der Waals surface area contributed by atoms with Crippen molar-refractivity contribution in [1.29, 1.82) is 0 Å². The molecule has 0 heterocycles. The third-order valence-corrected chi connectivity index (χ3v) is 13.6. The quantitative estimate of drug-likeness (QED) is 0.0321. The van der Waals surface area contributed by atoms with E-state index in [1.807, 2.05) is 12.2 Å². The number of hydrogen-bond donors (Lipinski definition) is 3. The number of unbranched alkanes of at least 4 members (excludes halogenated alkanes) is 38. The fourth-order valence-corrected chi connectivity index (χ4v) is 8.97. The highest BCUT2D eigenvalue weighted by atomic mass is 16.5. The van der Waals surface area contributed by atoms with Crippen LogP contribution < -0.4 is 5.32 Å². The molecule has 0 aliphatic carbocycles. The summed E-state index contributed by atoms with van der Waals surface area (Å²) in [6.07, 6.45) is 73.0. The lowest BCUT2D eigenvalue weighted by Gasteiger charge is -2.19. The molecule has 398 valence electrons. The molecule has 0 bridgehead atoms. The van der Waals surface area contributed by atoms with Gasteiger partial charge in [-0.3, -0.25) is 9.59 Å². The van der Waals surface area contributed by atoms with Crippen molar-refractivity contribution >= 4 is 11.9 Å². The van der Waals surface area contributed by atoms with Gasteiger partial charge in [0.1, 0.15) is 0 Å². The maximum Gasteiger partial charge on any atom is 0.305 e. The van der Waals surface area contributed by atoms with Crippen molar-refractivity contribution in [2.24, 2.45) is 0 Å². The van der Waals surface area contributed by atoms with E-state index in [9.17, 15) is 19.8 Å². The number of amides is 1. The normalized spacial score (nSPS) is 12.9. The number of aliphatic hydroxyl groups is 2. The molecular formula is C62H115NO5. The minimum atomic E-state index is -0.882. The summed E-state index contributed by atoms with van der Waals surface area (Å²) in [6, 6.07) is -0.674. The van der Waals surface area contributed by atoms with Crippen molar-refractivity contribution in [1.82, 2.24) is 5.32 Å². The van der Waals surface area contributed by atoms with E-state index in [0.717, 1.165) is 51.4 Å². The molecule has 0 aliphatic rings. The second kappa shape index (κ2) is 57.4. The van der Waals surface area contributed by atoms with Gasteiger partial charge in [0.15, 0.2) is 0 Å².